The molecule has 90 valence electrons. The van der Waals surface area contributed by atoms with Crippen LogP contribution in [0.5, 0.6) is 0 Å². The van der Waals surface area contributed by atoms with Crippen molar-refractivity contribution in [1.29, 1.82) is 5.26 Å². The van der Waals surface area contributed by atoms with Crippen molar-refractivity contribution in [3.05, 3.63) is 35.0 Å². The quantitative estimate of drug-likeness (QED) is 0.828. The predicted molar refractivity (Wildman–Crippen MR) is 68.2 cm³/mol. The summed E-state index contributed by atoms with van der Waals surface area (Å²) < 4.78 is 5.19. The molecule has 0 atom stereocenters. The Morgan fingerprint density at radius 2 is 2.28 bits per heavy atom. The molecule has 0 aliphatic carbocycles. The number of nitriles is 1. The zero-order valence-corrected chi connectivity index (χ0v) is 10.7. The molecular weight excluding hydrogens is 246 g/mol. The fourth-order valence-corrected chi connectivity index (χ4v) is 3.15. The average molecular weight is 257 g/mol. The number of hydrogen-bond acceptors (Lipinski definition) is 5. The topological polar surface area (TPSA) is 58.8 Å². The van der Waals surface area contributed by atoms with Crippen molar-refractivity contribution in [3.63, 3.8) is 0 Å². The van der Waals surface area contributed by atoms with Crippen molar-refractivity contribution in [2.75, 3.05) is 13.2 Å². The SMILES string of the molecule is Cc1nc(-c2ccccn2)sc1C1(C#N)COC1. The van der Waals surface area contributed by atoms with E-state index in [1.165, 1.54) is 0 Å². The Morgan fingerprint density at radius 3 is 2.83 bits per heavy atom. The standard InChI is InChI=1S/C13H11N3OS/c1-9-11(13(6-14)7-17-8-13)18-12(16-9)10-4-2-3-5-15-10/h2-5H,7-8H2,1H3. The fourth-order valence-electron chi connectivity index (χ4n) is 1.99. The number of nitrogens with zero attached hydrogens (tertiary/aromatic N) is 3. The van der Waals surface area contributed by atoms with Crippen molar-refractivity contribution in [2.45, 2.75) is 12.3 Å². The highest BCUT2D eigenvalue weighted by Crippen LogP contribution is 2.39. The van der Waals surface area contributed by atoms with E-state index in [2.05, 4.69) is 16.0 Å². The highest BCUT2D eigenvalue weighted by molar-refractivity contribution is 7.15. The zero-order chi connectivity index (χ0) is 12.6. The lowest BCUT2D eigenvalue weighted by atomic mass is 9.85. The summed E-state index contributed by atoms with van der Waals surface area (Å²) >= 11 is 1.54. The molecule has 0 aromatic carbocycles. The Morgan fingerprint density at radius 1 is 1.44 bits per heavy atom. The third kappa shape index (κ3) is 1.62. The molecule has 3 heterocycles. The van der Waals surface area contributed by atoms with Gasteiger partial charge in [0, 0.05) is 6.20 Å². The Balaban J connectivity index is 2.05. The molecule has 1 aliphatic heterocycles. The van der Waals surface area contributed by atoms with Crippen LogP contribution in [0.4, 0.5) is 0 Å². The minimum atomic E-state index is -0.491. The maximum atomic E-state index is 9.33. The number of ether oxygens (including phenoxy) is 1. The van der Waals surface area contributed by atoms with Gasteiger partial charge in [0.2, 0.25) is 0 Å². The molecule has 1 aliphatic rings. The Bertz CT molecular complexity index is 611. The molecule has 0 unspecified atom stereocenters. The molecule has 4 nitrogen and oxygen atoms in total. The number of rotatable bonds is 2. The first-order chi connectivity index (χ1) is 8.75. The zero-order valence-electron chi connectivity index (χ0n) is 9.88. The fraction of sp³-hybridized carbons (Fsp3) is 0.308. The predicted octanol–water partition coefficient (Wildman–Crippen LogP) is 2.31. The first-order valence-corrected chi connectivity index (χ1v) is 6.45. The minimum absolute atomic E-state index is 0.466. The van der Waals surface area contributed by atoms with Crippen molar-refractivity contribution in [3.8, 4) is 16.8 Å². The van der Waals surface area contributed by atoms with Gasteiger partial charge in [-0.15, -0.1) is 11.3 Å². The Labute approximate surface area is 109 Å². The molecule has 0 amide bonds. The summed E-state index contributed by atoms with van der Waals surface area (Å²) in [5.41, 5.74) is 1.27. The molecule has 3 rings (SSSR count). The molecule has 0 radical (unpaired) electrons. The maximum Gasteiger partial charge on any atom is 0.142 e. The third-order valence-electron chi connectivity index (χ3n) is 3.03. The molecule has 18 heavy (non-hydrogen) atoms. The van der Waals surface area contributed by atoms with Crippen LogP contribution >= 0.6 is 11.3 Å². The van der Waals surface area contributed by atoms with E-state index in [1.807, 2.05) is 25.1 Å². The van der Waals surface area contributed by atoms with Gasteiger partial charge in [-0.05, 0) is 19.1 Å². The second-order valence-electron chi connectivity index (χ2n) is 4.34. The molecule has 0 bridgehead atoms. The van der Waals surface area contributed by atoms with Gasteiger partial charge in [0.1, 0.15) is 10.4 Å². The number of pyridine rings is 1. The largest absolute Gasteiger partial charge is 0.377 e. The smallest absolute Gasteiger partial charge is 0.142 e. The van der Waals surface area contributed by atoms with Crippen LogP contribution in [0, 0.1) is 18.3 Å². The number of aromatic nitrogens is 2. The van der Waals surface area contributed by atoms with Gasteiger partial charge in [0.15, 0.2) is 0 Å². The summed E-state index contributed by atoms with van der Waals surface area (Å²) in [5, 5.41) is 10.2. The Hall–Kier alpha value is -1.77. The molecule has 2 aromatic heterocycles. The van der Waals surface area contributed by atoms with Crippen LogP contribution in [-0.2, 0) is 10.2 Å². The van der Waals surface area contributed by atoms with Gasteiger partial charge in [0.25, 0.3) is 0 Å². The van der Waals surface area contributed by atoms with Crippen molar-refractivity contribution >= 4 is 11.3 Å². The van der Waals surface area contributed by atoms with Crippen LogP contribution in [0.25, 0.3) is 10.7 Å². The second-order valence-corrected chi connectivity index (χ2v) is 5.33. The van der Waals surface area contributed by atoms with Gasteiger partial charge in [-0.1, -0.05) is 6.07 Å². The van der Waals surface area contributed by atoms with E-state index >= 15 is 0 Å². The van der Waals surface area contributed by atoms with E-state index < -0.39 is 5.41 Å². The van der Waals surface area contributed by atoms with Gasteiger partial charge < -0.3 is 4.74 Å². The summed E-state index contributed by atoms with van der Waals surface area (Å²) in [6.45, 7) is 2.87. The number of thiazole rings is 1. The third-order valence-corrected chi connectivity index (χ3v) is 4.41. The van der Waals surface area contributed by atoms with E-state index in [-0.39, 0.29) is 0 Å². The molecule has 5 heteroatoms. The van der Waals surface area contributed by atoms with E-state index in [4.69, 9.17) is 4.74 Å². The highest BCUT2D eigenvalue weighted by atomic mass is 32.1. The first kappa shape index (κ1) is 11.3. The normalized spacial score (nSPS) is 16.9. The summed E-state index contributed by atoms with van der Waals surface area (Å²) in [4.78, 5) is 9.83. The van der Waals surface area contributed by atoms with Crippen LogP contribution in [0.2, 0.25) is 0 Å². The summed E-state index contributed by atoms with van der Waals surface area (Å²) in [6.07, 6.45) is 1.75. The van der Waals surface area contributed by atoms with E-state index in [0.717, 1.165) is 21.3 Å². The summed E-state index contributed by atoms with van der Waals surface area (Å²) in [7, 11) is 0. The minimum Gasteiger partial charge on any atom is -0.377 e. The highest BCUT2D eigenvalue weighted by Gasteiger charge is 2.44. The lowest BCUT2D eigenvalue weighted by Gasteiger charge is -2.34. The van der Waals surface area contributed by atoms with Gasteiger partial charge in [0.05, 0.1) is 35.5 Å². The van der Waals surface area contributed by atoms with E-state index in [0.29, 0.717) is 13.2 Å². The molecule has 0 N–H and O–H groups in total. The number of hydrogen-bond donors (Lipinski definition) is 0. The van der Waals surface area contributed by atoms with Gasteiger partial charge in [-0.2, -0.15) is 5.26 Å². The van der Waals surface area contributed by atoms with Gasteiger partial charge >= 0.3 is 0 Å². The number of aryl methyl sites for hydroxylation is 1. The van der Waals surface area contributed by atoms with Crippen molar-refractivity contribution in [1.82, 2.24) is 9.97 Å². The van der Waals surface area contributed by atoms with E-state index in [9.17, 15) is 5.26 Å². The van der Waals surface area contributed by atoms with Crippen LogP contribution in [0.15, 0.2) is 24.4 Å². The maximum absolute atomic E-state index is 9.33. The molecule has 2 aromatic rings. The molecule has 0 saturated carbocycles. The lowest BCUT2D eigenvalue weighted by molar-refractivity contribution is -0.0284. The van der Waals surface area contributed by atoms with Crippen LogP contribution in [0.1, 0.15) is 10.6 Å². The van der Waals surface area contributed by atoms with Gasteiger partial charge in [-0.25, -0.2) is 4.98 Å². The van der Waals surface area contributed by atoms with Crippen molar-refractivity contribution in [2.24, 2.45) is 0 Å². The van der Waals surface area contributed by atoms with Gasteiger partial charge in [-0.3, -0.25) is 4.98 Å². The summed E-state index contributed by atoms with van der Waals surface area (Å²) in [5.74, 6) is 0. The van der Waals surface area contributed by atoms with Crippen LogP contribution < -0.4 is 0 Å². The Kier molecular flexibility index (Phi) is 2.62. The molecule has 1 fully saturated rings. The molecule has 1 saturated heterocycles. The average Bonchev–Trinajstić information content (AvgIpc) is 2.73. The molecular formula is C13H11N3OS. The summed E-state index contributed by atoms with van der Waals surface area (Å²) in [6, 6.07) is 8.10. The molecule has 0 spiro atoms. The lowest BCUT2D eigenvalue weighted by Crippen LogP contribution is -2.45. The second kappa shape index (κ2) is 4.16. The van der Waals surface area contributed by atoms with E-state index in [1.54, 1.807) is 17.5 Å². The van der Waals surface area contributed by atoms with Crippen LogP contribution in [0.3, 0.4) is 0 Å². The van der Waals surface area contributed by atoms with Crippen LogP contribution in [-0.4, -0.2) is 23.2 Å². The monoisotopic (exact) mass is 257 g/mol. The first-order valence-electron chi connectivity index (χ1n) is 5.63. The van der Waals surface area contributed by atoms with Crippen molar-refractivity contribution < 1.29 is 4.74 Å².